The quantitative estimate of drug-likeness (QED) is 0.764. The smallest absolute Gasteiger partial charge is 0.331 e. The summed E-state index contributed by atoms with van der Waals surface area (Å²) < 4.78 is 10.5. The molecule has 20 heavy (non-hydrogen) atoms. The zero-order valence-electron chi connectivity index (χ0n) is 11.5. The number of carbonyl (C=O) groups excluding carboxylic acids is 1. The Morgan fingerprint density at radius 3 is 2.80 bits per heavy atom. The molecule has 1 aliphatic carbocycles. The van der Waals surface area contributed by atoms with Crippen molar-refractivity contribution in [3.05, 3.63) is 35.8 Å². The standard InChI is InChI=1S/C15H18O5/c1-14-5-3-11(16)15(2,18)10(14)7-12(17)20-13(14)9-4-6-19-8-9/h4,6-8,11,13,16,18H,3,5H2,1-2H3/t11?,13?,14-,15?/m1/s1. The molecule has 5 heteroatoms. The van der Waals surface area contributed by atoms with Gasteiger partial charge >= 0.3 is 5.97 Å². The Hall–Kier alpha value is -1.59. The fourth-order valence-electron chi connectivity index (χ4n) is 3.45. The van der Waals surface area contributed by atoms with Crippen LogP contribution >= 0.6 is 0 Å². The van der Waals surface area contributed by atoms with Crippen molar-refractivity contribution in [1.82, 2.24) is 0 Å². The molecule has 1 aromatic rings. The van der Waals surface area contributed by atoms with Crippen LogP contribution < -0.4 is 0 Å². The topological polar surface area (TPSA) is 79.9 Å². The van der Waals surface area contributed by atoms with Gasteiger partial charge in [-0.15, -0.1) is 0 Å². The van der Waals surface area contributed by atoms with Crippen molar-refractivity contribution in [3.8, 4) is 0 Å². The minimum absolute atomic E-state index is 0.451. The maximum atomic E-state index is 11.8. The Morgan fingerprint density at radius 1 is 1.40 bits per heavy atom. The van der Waals surface area contributed by atoms with E-state index in [4.69, 9.17) is 9.15 Å². The van der Waals surface area contributed by atoms with Gasteiger partial charge in [0, 0.05) is 17.1 Å². The van der Waals surface area contributed by atoms with E-state index >= 15 is 0 Å². The predicted octanol–water partition coefficient (Wildman–Crippen LogP) is 1.72. The molecular weight excluding hydrogens is 260 g/mol. The normalized spacial score (nSPS) is 40.8. The fraction of sp³-hybridized carbons (Fsp3) is 0.533. The van der Waals surface area contributed by atoms with Gasteiger partial charge in [-0.25, -0.2) is 4.79 Å². The molecule has 2 heterocycles. The largest absolute Gasteiger partial charge is 0.472 e. The van der Waals surface area contributed by atoms with Crippen molar-refractivity contribution in [1.29, 1.82) is 0 Å². The molecule has 1 aliphatic heterocycles. The van der Waals surface area contributed by atoms with Crippen LogP contribution in [-0.4, -0.2) is 27.9 Å². The van der Waals surface area contributed by atoms with Crippen molar-refractivity contribution >= 4 is 5.97 Å². The Labute approximate surface area is 116 Å². The first kappa shape index (κ1) is 13.4. The number of fused-ring (bicyclic) bond motifs is 1. The van der Waals surface area contributed by atoms with Gasteiger partial charge in [0.05, 0.1) is 18.6 Å². The summed E-state index contributed by atoms with van der Waals surface area (Å²) in [6.45, 7) is 3.50. The minimum Gasteiger partial charge on any atom is -0.472 e. The molecule has 0 amide bonds. The number of carbonyl (C=O) groups is 1. The van der Waals surface area contributed by atoms with Crippen LogP contribution in [0, 0.1) is 5.41 Å². The van der Waals surface area contributed by atoms with Crippen LogP contribution in [0.4, 0.5) is 0 Å². The summed E-state index contributed by atoms with van der Waals surface area (Å²) in [7, 11) is 0. The van der Waals surface area contributed by atoms with Crippen molar-refractivity contribution in [2.24, 2.45) is 5.41 Å². The van der Waals surface area contributed by atoms with Crippen LogP contribution in [0.3, 0.4) is 0 Å². The molecule has 4 atom stereocenters. The highest BCUT2D eigenvalue weighted by atomic mass is 16.5. The van der Waals surface area contributed by atoms with Crippen LogP contribution in [0.25, 0.3) is 0 Å². The first-order chi connectivity index (χ1) is 9.35. The number of esters is 1. The van der Waals surface area contributed by atoms with Crippen LogP contribution in [-0.2, 0) is 9.53 Å². The summed E-state index contributed by atoms with van der Waals surface area (Å²) in [6.07, 6.45) is 4.09. The summed E-state index contributed by atoms with van der Waals surface area (Å²) in [6, 6.07) is 1.76. The lowest BCUT2D eigenvalue weighted by Crippen LogP contribution is -2.54. The molecule has 1 saturated carbocycles. The molecule has 0 aromatic carbocycles. The van der Waals surface area contributed by atoms with E-state index in [9.17, 15) is 15.0 Å². The molecule has 5 nitrogen and oxygen atoms in total. The SMILES string of the molecule is CC1(O)C2=CC(=O)OC(c3ccoc3)[C@]2(C)CCC1O. The highest BCUT2D eigenvalue weighted by Crippen LogP contribution is 2.56. The summed E-state index contributed by atoms with van der Waals surface area (Å²) in [5, 5.41) is 20.6. The molecule has 108 valence electrons. The van der Waals surface area contributed by atoms with Gasteiger partial charge in [-0.2, -0.15) is 0 Å². The van der Waals surface area contributed by atoms with E-state index in [0.717, 1.165) is 5.56 Å². The minimum atomic E-state index is -1.42. The van der Waals surface area contributed by atoms with Gasteiger partial charge in [-0.05, 0) is 31.4 Å². The molecule has 3 unspecified atom stereocenters. The molecule has 0 spiro atoms. The second kappa shape index (κ2) is 4.20. The van der Waals surface area contributed by atoms with Gasteiger partial charge in [-0.3, -0.25) is 0 Å². The van der Waals surface area contributed by atoms with Gasteiger partial charge in [0.25, 0.3) is 0 Å². The Balaban J connectivity index is 2.11. The van der Waals surface area contributed by atoms with E-state index in [1.165, 1.54) is 12.3 Å². The maximum Gasteiger partial charge on any atom is 0.331 e. The molecule has 0 bridgehead atoms. The van der Waals surface area contributed by atoms with E-state index < -0.39 is 29.2 Å². The summed E-state index contributed by atoms with van der Waals surface area (Å²) in [4.78, 5) is 11.8. The highest BCUT2D eigenvalue weighted by molar-refractivity contribution is 5.85. The number of aliphatic hydroxyl groups is 2. The number of rotatable bonds is 1. The molecule has 0 radical (unpaired) electrons. The molecule has 2 aliphatic rings. The van der Waals surface area contributed by atoms with Gasteiger partial charge < -0.3 is 19.4 Å². The van der Waals surface area contributed by atoms with Crippen molar-refractivity contribution in [2.45, 2.75) is 44.5 Å². The van der Waals surface area contributed by atoms with Crippen molar-refractivity contribution in [2.75, 3.05) is 0 Å². The monoisotopic (exact) mass is 278 g/mol. The zero-order chi connectivity index (χ0) is 14.5. The van der Waals surface area contributed by atoms with Gasteiger partial charge in [-0.1, -0.05) is 6.92 Å². The molecule has 0 saturated heterocycles. The second-order valence-electron chi connectivity index (χ2n) is 6.05. The van der Waals surface area contributed by atoms with Crippen LogP contribution in [0.1, 0.15) is 38.4 Å². The van der Waals surface area contributed by atoms with E-state index in [1.807, 2.05) is 6.92 Å². The molecule has 3 rings (SSSR count). The number of hydrogen-bond donors (Lipinski definition) is 2. The molecule has 1 fully saturated rings. The summed E-state index contributed by atoms with van der Waals surface area (Å²) in [5.74, 6) is -0.502. The third-order valence-electron chi connectivity index (χ3n) is 4.67. The second-order valence-corrected chi connectivity index (χ2v) is 6.05. The van der Waals surface area contributed by atoms with Crippen LogP contribution in [0.15, 0.2) is 34.7 Å². The maximum absolute atomic E-state index is 11.8. The predicted molar refractivity (Wildman–Crippen MR) is 69.6 cm³/mol. The number of cyclic esters (lactones) is 1. The van der Waals surface area contributed by atoms with E-state index in [0.29, 0.717) is 18.4 Å². The van der Waals surface area contributed by atoms with E-state index in [2.05, 4.69) is 0 Å². The van der Waals surface area contributed by atoms with Crippen LogP contribution in [0.5, 0.6) is 0 Å². The molecule has 2 N–H and O–H groups in total. The first-order valence-electron chi connectivity index (χ1n) is 6.71. The molecular formula is C15H18O5. The third-order valence-corrected chi connectivity index (χ3v) is 4.67. The van der Waals surface area contributed by atoms with E-state index in [-0.39, 0.29) is 0 Å². The third kappa shape index (κ3) is 1.73. The number of aliphatic hydroxyl groups excluding tert-OH is 1. The number of ether oxygens (including phenoxy) is 1. The Kier molecular flexibility index (Phi) is 2.81. The van der Waals surface area contributed by atoms with Gasteiger partial charge in [0.15, 0.2) is 0 Å². The first-order valence-corrected chi connectivity index (χ1v) is 6.71. The highest BCUT2D eigenvalue weighted by Gasteiger charge is 2.55. The van der Waals surface area contributed by atoms with Gasteiger partial charge in [0.2, 0.25) is 0 Å². The lowest BCUT2D eigenvalue weighted by Gasteiger charge is -2.51. The Morgan fingerprint density at radius 2 is 2.15 bits per heavy atom. The average molecular weight is 278 g/mol. The van der Waals surface area contributed by atoms with E-state index in [1.54, 1.807) is 19.3 Å². The zero-order valence-corrected chi connectivity index (χ0v) is 11.5. The van der Waals surface area contributed by atoms with Crippen molar-refractivity contribution in [3.63, 3.8) is 0 Å². The summed E-state index contributed by atoms with van der Waals surface area (Å²) in [5.41, 5.74) is -0.667. The molecule has 1 aromatic heterocycles. The van der Waals surface area contributed by atoms with Crippen molar-refractivity contribution < 1.29 is 24.2 Å². The van der Waals surface area contributed by atoms with Crippen LogP contribution in [0.2, 0.25) is 0 Å². The average Bonchev–Trinajstić information content (AvgIpc) is 2.90. The number of hydrogen-bond acceptors (Lipinski definition) is 5. The number of furan rings is 1. The lowest BCUT2D eigenvalue weighted by molar-refractivity contribution is -0.161. The lowest BCUT2D eigenvalue weighted by atomic mass is 9.59. The van der Waals surface area contributed by atoms with Gasteiger partial charge in [0.1, 0.15) is 11.7 Å². The fourth-order valence-corrected chi connectivity index (χ4v) is 3.45. The Bertz CT molecular complexity index is 557. The summed E-state index contributed by atoms with van der Waals surface area (Å²) >= 11 is 0.